The van der Waals surface area contributed by atoms with Crippen LogP contribution in [0.5, 0.6) is 0 Å². The van der Waals surface area contributed by atoms with Crippen molar-refractivity contribution in [1.29, 1.82) is 0 Å². The van der Waals surface area contributed by atoms with E-state index in [4.69, 9.17) is 0 Å². The van der Waals surface area contributed by atoms with Crippen molar-refractivity contribution >= 4 is 29.8 Å². The molecule has 6 aliphatic rings. The van der Waals surface area contributed by atoms with Crippen molar-refractivity contribution in [3.8, 4) is 0 Å². The number of allylic oxidation sites excluding steroid dienone is 2. The fraction of sp³-hybridized carbons (Fsp3) is 0.857. The van der Waals surface area contributed by atoms with Gasteiger partial charge in [-0.1, -0.05) is 60.1 Å². The summed E-state index contributed by atoms with van der Waals surface area (Å²) in [6, 6.07) is -0.989. The summed E-state index contributed by atoms with van der Waals surface area (Å²) in [6.07, 6.45) is 11.5. The number of fused-ring (bicyclic) bond motifs is 7. The molecule has 0 bridgehead atoms. The molecule has 3 N–H and O–H groups in total. The van der Waals surface area contributed by atoms with Crippen molar-refractivity contribution < 1.29 is 49.5 Å². The van der Waals surface area contributed by atoms with Gasteiger partial charge >= 0.3 is 5.97 Å². The quantitative estimate of drug-likeness (QED) is 0.172. The largest absolute Gasteiger partial charge is 0.549 e. The van der Waals surface area contributed by atoms with Crippen LogP contribution in [0.15, 0.2) is 11.6 Å². The van der Waals surface area contributed by atoms with E-state index in [1.54, 1.807) is 19.6 Å². The highest BCUT2D eigenvalue weighted by Crippen LogP contribution is 2.75. The zero-order chi connectivity index (χ0) is 47.0. The second-order valence-electron chi connectivity index (χ2n) is 22.4. The molecule has 0 aromatic carbocycles. The molecule has 0 spiro atoms. The Labute approximate surface area is 381 Å². The van der Waals surface area contributed by atoms with Gasteiger partial charge in [-0.3, -0.25) is 29.2 Å². The summed E-state index contributed by atoms with van der Waals surface area (Å²) in [4.78, 5) is 69.1. The number of carbonyl (C=O) groups excluding carboxylic acids is 4. The highest BCUT2D eigenvalue weighted by atomic mass is 16.4. The Morgan fingerprint density at radius 2 is 1.28 bits per heavy atom. The number of nitrogens with zero attached hydrogens (tertiary/aromatic N) is 4. The molecular formula is C49H78N5O10-3. The van der Waals surface area contributed by atoms with E-state index in [1.165, 1.54) is 5.57 Å². The number of carbonyl (C=O) groups is 5. The van der Waals surface area contributed by atoms with Crippen LogP contribution in [0, 0.1) is 56.7 Å². The summed E-state index contributed by atoms with van der Waals surface area (Å²) in [5.41, 5.74) is 0.948. The number of aliphatic carboxylic acids is 4. The van der Waals surface area contributed by atoms with Gasteiger partial charge in [-0.25, -0.2) is 0 Å². The molecule has 15 heteroatoms. The van der Waals surface area contributed by atoms with Crippen LogP contribution in [0.1, 0.15) is 119 Å². The minimum Gasteiger partial charge on any atom is -0.549 e. The van der Waals surface area contributed by atoms with E-state index < -0.39 is 55.0 Å². The Morgan fingerprint density at radius 1 is 0.734 bits per heavy atom. The topological polar surface area (TPSA) is 220 Å². The van der Waals surface area contributed by atoms with E-state index in [9.17, 15) is 49.5 Å². The fourth-order valence-electron chi connectivity index (χ4n) is 14.9. The third kappa shape index (κ3) is 9.67. The molecule has 6 rings (SSSR count). The molecule has 1 amide bonds. The van der Waals surface area contributed by atoms with Crippen molar-refractivity contribution in [1.82, 2.24) is 24.9 Å². The summed E-state index contributed by atoms with van der Waals surface area (Å²) in [6.45, 7) is 17.2. The van der Waals surface area contributed by atoms with Crippen molar-refractivity contribution in [2.45, 2.75) is 131 Å². The number of hydrogen-bond acceptors (Lipinski definition) is 13. The zero-order valence-corrected chi connectivity index (χ0v) is 39.8. The molecule has 362 valence electrons. The Bertz CT molecular complexity index is 1740. The molecule has 1 heterocycles. The normalized spacial score (nSPS) is 38.3. The second kappa shape index (κ2) is 19.6. The zero-order valence-electron chi connectivity index (χ0n) is 39.8. The SMILES string of the molecule is C[C@@H]1[C@H](C)CC[C@@]2(C(=O)NCCCC(C(=O)O)N3CCN(CC(=O)[O-])CCN(CC(=O)[O-])CCN(CC(=O)[O-])CC3)CC[C@]3(C)C(=CCC4[C@]5(C)CC[C@@H](O)C(C)(C)C5CC[C@@]43C)[C@@H]12. The maximum atomic E-state index is 14.9. The number of carboxylic acids is 4. The summed E-state index contributed by atoms with van der Waals surface area (Å²) >= 11 is 0. The fourth-order valence-corrected chi connectivity index (χ4v) is 14.9. The molecule has 15 nitrogen and oxygen atoms in total. The number of rotatable bonds is 13. The summed E-state index contributed by atoms with van der Waals surface area (Å²) in [5.74, 6) is -3.09. The second-order valence-corrected chi connectivity index (χ2v) is 22.4. The first-order valence-electron chi connectivity index (χ1n) is 24.4. The molecule has 4 saturated carbocycles. The van der Waals surface area contributed by atoms with E-state index in [0.717, 1.165) is 57.8 Å². The van der Waals surface area contributed by atoms with Crippen molar-refractivity contribution in [2.75, 3.05) is 78.5 Å². The van der Waals surface area contributed by atoms with Gasteiger partial charge in [-0.2, -0.15) is 0 Å². The Balaban J connectivity index is 1.17. The average molecular weight is 897 g/mol. The maximum absolute atomic E-state index is 14.9. The summed E-state index contributed by atoms with van der Waals surface area (Å²) in [7, 11) is 0. The summed E-state index contributed by atoms with van der Waals surface area (Å²) < 4.78 is 0. The number of carboxylic acid groups (broad SMARTS) is 4. The molecule has 1 saturated heterocycles. The molecule has 0 radical (unpaired) electrons. The molecule has 3 unspecified atom stereocenters. The van der Waals surface area contributed by atoms with E-state index in [1.807, 2.05) is 0 Å². The van der Waals surface area contributed by atoms with Gasteiger partial charge in [0, 0.05) is 78.5 Å². The van der Waals surface area contributed by atoms with Crippen LogP contribution in [-0.4, -0.2) is 150 Å². The van der Waals surface area contributed by atoms with Gasteiger partial charge in [-0.05, 0) is 122 Å². The van der Waals surface area contributed by atoms with Crippen LogP contribution in [-0.2, 0) is 24.0 Å². The molecule has 0 aromatic rings. The molecular weight excluding hydrogens is 819 g/mol. The monoisotopic (exact) mass is 897 g/mol. The van der Waals surface area contributed by atoms with Gasteiger partial charge in [0.25, 0.3) is 0 Å². The first-order valence-corrected chi connectivity index (χ1v) is 24.4. The van der Waals surface area contributed by atoms with Crippen LogP contribution >= 0.6 is 0 Å². The molecule has 64 heavy (non-hydrogen) atoms. The van der Waals surface area contributed by atoms with Crippen LogP contribution in [0.25, 0.3) is 0 Å². The Kier molecular flexibility index (Phi) is 15.4. The van der Waals surface area contributed by atoms with Crippen LogP contribution < -0.4 is 20.6 Å². The van der Waals surface area contributed by atoms with Crippen LogP contribution in [0.4, 0.5) is 0 Å². The average Bonchev–Trinajstić information content (AvgIpc) is 3.20. The van der Waals surface area contributed by atoms with Gasteiger partial charge in [0.15, 0.2) is 0 Å². The molecule has 11 atom stereocenters. The maximum Gasteiger partial charge on any atom is 0.320 e. The third-order valence-corrected chi connectivity index (χ3v) is 19.0. The number of nitrogens with one attached hydrogen (secondary N) is 1. The van der Waals surface area contributed by atoms with Crippen LogP contribution in [0.2, 0.25) is 0 Å². The van der Waals surface area contributed by atoms with Gasteiger partial charge in [-0.15, -0.1) is 0 Å². The first kappa shape index (κ1) is 50.3. The Morgan fingerprint density at radius 3 is 1.81 bits per heavy atom. The van der Waals surface area contributed by atoms with Crippen molar-refractivity contribution in [2.24, 2.45) is 56.7 Å². The molecule has 5 fully saturated rings. The van der Waals surface area contributed by atoms with Crippen molar-refractivity contribution in [3.05, 3.63) is 11.6 Å². The minimum atomic E-state index is -1.31. The lowest BCUT2D eigenvalue weighted by atomic mass is 9.33. The molecule has 1 aliphatic heterocycles. The molecule has 0 aromatic heterocycles. The minimum absolute atomic E-state index is 0.0525. The Hall–Kier alpha value is -3.11. The van der Waals surface area contributed by atoms with E-state index in [2.05, 4.69) is 59.9 Å². The number of aliphatic hydroxyl groups excluding tert-OH is 1. The summed E-state index contributed by atoms with van der Waals surface area (Å²) in [5, 5.41) is 59.9. The lowest BCUT2D eigenvalue weighted by Gasteiger charge is -2.71. The lowest BCUT2D eigenvalue weighted by molar-refractivity contribution is -0.308. The van der Waals surface area contributed by atoms with E-state index in [-0.39, 0.29) is 98.4 Å². The van der Waals surface area contributed by atoms with Gasteiger partial charge in [0.1, 0.15) is 6.04 Å². The number of amides is 1. The van der Waals surface area contributed by atoms with E-state index in [0.29, 0.717) is 36.6 Å². The highest BCUT2D eigenvalue weighted by molar-refractivity contribution is 5.84. The van der Waals surface area contributed by atoms with Gasteiger partial charge < -0.3 is 45.2 Å². The van der Waals surface area contributed by atoms with Crippen molar-refractivity contribution in [3.63, 3.8) is 0 Å². The van der Waals surface area contributed by atoms with Gasteiger partial charge in [0.2, 0.25) is 5.91 Å². The predicted molar refractivity (Wildman–Crippen MR) is 235 cm³/mol. The first-order chi connectivity index (χ1) is 30.0. The number of aliphatic hydroxyl groups is 1. The number of hydrogen-bond donors (Lipinski definition) is 3. The lowest BCUT2D eigenvalue weighted by Crippen LogP contribution is -2.66. The third-order valence-electron chi connectivity index (χ3n) is 19.0. The predicted octanol–water partition coefficient (Wildman–Crippen LogP) is 0.826. The standard InChI is InChI=1S/C49H81N5O10/c1-32-12-17-49(19-18-47(6)34(42(49)33(32)2)10-11-37-46(5)15-14-38(55)45(3,4)36(46)13-16-48(37,47)7)44(64)50-20-8-9-35(43(62)63)54-27-25-52(30-40(58)59)23-21-51(29-39(56)57)22-24-53(26-28-54)31-41(60)61/h10,32-33,35-38,42,55H,8-9,11-31H2,1-7H3,(H,50,64)(H,56,57)(H,58,59)(H,60,61)(H,62,63)/p-3/t32-,33-,35?,36?,37?,38-,42-,46-,47-,48+,49-/m1/s1. The smallest absolute Gasteiger partial charge is 0.320 e. The van der Waals surface area contributed by atoms with E-state index >= 15 is 0 Å². The highest BCUT2D eigenvalue weighted by Gasteiger charge is 2.69. The van der Waals surface area contributed by atoms with Crippen LogP contribution in [0.3, 0.4) is 0 Å². The van der Waals surface area contributed by atoms with Gasteiger partial charge in [0.05, 0.1) is 29.4 Å². The molecule has 5 aliphatic carbocycles.